The number of nitrogens with one attached hydrogen (secondary N) is 3. The van der Waals surface area contributed by atoms with Gasteiger partial charge >= 0.3 is 6.03 Å². The van der Waals surface area contributed by atoms with Gasteiger partial charge in [0.15, 0.2) is 0 Å². The molecule has 1 aromatic carbocycles. The van der Waals surface area contributed by atoms with E-state index in [1.807, 2.05) is 24.3 Å². The van der Waals surface area contributed by atoms with Crippen LogP contribution >= 0.6 is 11.3 Å². The van der Waals surface area contributed by atoms with Crippen LogP contribution in [0.1, 0.15) is 63.8 Å². The smallest absolute Gasteiger partial charge is 0.319 e. The molecule has 8 nitrogen and oxygen atoms in total. The number of amides is 5. The normalized spacial score (nSPS) is 18.1. The largest absolute Gasteiger partial charge is 0.333 e. The quantitative estimate of drug-likeness (QED) is 0.603. The fourth-order valence-electron chi connectivity index (χ4n) is 4.17. The van der Waals surface area contributed by atoms with Crippen LogP contribution in [-0.4, -0.2) is 34.7 Å². The van der Waals surface area contributed by atoms with E-state index in [0.29, 0.717) is 30.3 Å². The van der Waals surface area contributed by atoms with E-state index in [-0.39, 0.29) is 24.3 Å². The highest BCUT2D eigenvalue weighted by Gasteiger charge is 2.40. The van der Waals surface area contributed by atoms with Crippen LogP contribution in [0.25, 0.3) is 0 Å². The highest BCUT2D eigenvalue weighted by molar-refractivity contribution is 7.14. The summed E-state index contributed by atoms with van der Waals surface area (Å²) in [5, 5.41) is 7.99. The van der Waals surface area contributed by atoms with Crippen molar-refractivity contribution in [3.63, 3.8) is 0 Å². The van der Waals surface area contributed by atoms with E-state index in [4.69, 9.17) is 0 Å². The predicted molar refractivity (Wildman–Crippen MR) is 121 cm³/mol. The van der Waals surface area contributed by atoms with Gasteiger partial charge in [0.25, 0.3) is 5.91 Å². The second kappa shape index (κ2) is 8.74. The Morgan fingerprint density at radius 2 is 2.03 bits per heavy atom. The minimum atomic E-state index is -0.614. The zero-order valence-corrected chi connectivity index (χ0v) is 19.1. The van der Waals surface area contributed by atoms with E-state index in [0.717, 1.165) is 16.1 Å². The van der Waals surface area contributed by atoms with Gasteiger partial charge in [-0.15, -0.1) is 11.3 Å². The standard InChI is InChI=1S/C23H26N4O4S/c1-12(2)17-9-15(5-4-13(17)3)25-23(31)24-10-16-8-14-11-27(22(30)20(14)32-16)18-6-7-19(28)26-21(18)29/h4-5,8-9,12,18H,6-7,10-11H2,1-3H3,(H2,24,25,31)(H,26,28,29). The fourth-order valence-corrected chi connectivity index (χ4v) is 5.24. The molecule has 32 heavy (non-hydrogen) atoms. The van der Waals surface area contributed by atoms with Crippen LogP contribution in [0.3, 0.4) is 0 Å². The number of hydrogen-bond donors (Lipinski definition) is 3. The highest BCUT2D eigenvalue weighted by atomic mass is 32.1. The Labute approximate surface area is 190 Å². The second-order valence-electron chi connectivity index (χ2n) is 8.50. The van der Waals surface area contributed by atoms with Crippen LogP contribution in [0.15, 0.2) is 24.3 Å². The molecule has 0 spiro atoms. The van der Waals surface area contributed by atoms with Gasteiger partial charge in [-0.2, -0.15) is 0 Å². The summed E-state index contributed by atoms with van der Waals surface area (Å²) in [7, 11) is 0. The lowest BCUT2D eigenvalue weighted by Crippen LogP contribution is -2.52. The molecular weight excluding hydrogens is 428 g/mol. The Morgan fingerprint density at radius 1 is 1.25 bits per heavy atom. The number of aryl methyl sites for hydroxylation is 1. The van der Waals surface area contributed by atoms with E-state index in [2.05, 4.69) is 36.7 Å². The van der Waals surface area contributed by atoms with Crippen LogP contribution < -0.4 is 16.0 Å². The van der Waals surface area contributed by atoms with Crippen LogP contribution in [0.4, 0.5) is 10.5 Å². The second-order valence-corrected chi connectivity index (χ2v) is 9.64. The first kappa shape index (κ1) is 22.0. The van der Waals surface area contributed by atoms with Crippen molar-refractivity contribution in [2.24, 2.45) is 0 Å². The molecule has 9 heteroatoms. The van der Waals surface area contributed by atoms with Crippen LogP contribution in [0, 0.1) is 6.92 Å². The average Bonchev–Trinajstić information content (AvgIpc) is 3.27. The molecule has 2 aliphatic heterocycles. The Balaban J connectivity index is 1.34. The molecule has 3 heterocycles. The van der Waals surface area contributed by atoms with E-state index < -0.39 is 11.9 Å². The van der Waals surface area contributed by atoms with Gasteiger partial charge in [0.05, 0.1) is 11.4 Å². The molecule has 1 aromatic heterocycles. The number of carbonyl (C=O) groups is 4. The number of urea groups is 1. The summed E-state index contributed by atoms with van der Waals surface area (Å²) in [6.07, 6.45) is 0.579. The van der Waals surface area contributed by atoms with Gasteiger partial charge in [0.2, 0.25) is 11.8 Å². The molecule has 0 aliphatic carbocycles. The first-order valence-corrected chi connectivity index (χ1v) is 11.5. The molecule has 1 saturated heterocycles. The summed E-state index contributed by atoms with van der Waals surface area (Å²) < 4.78 is 0. The Hall–Kier alpha value is -3.20. The van der Waals surface area contributed by atoms with Crippen molar-refractivity contribution in [3.05, 3.63) is 50.7 Å². The Morgan fingerprint density at radius 3 is 2.72 bits per heavy atom. The minimum Gasteiger partial charge on any atom is -0.333 e. The van der Waals surface area contributed by atoms with Gasteiger partial charge in [-0.1, -0.05) is 19.9 Å². The number of benzene rings is 1. The molecule has 2 aromatic rings. The number of fused-ring (bicyclic) bond motifs is 1. The summed E-state index contributed by atoms with van der Waals surface area (Å²) in [6.45, 7) is 6.93. The fraction of sp³-hybridized carbons (Fsp3) is 0.391. The van der Waals surface area contributed by atoms with E-state index >= 15 is 0 Å². The summed E-state index contributed by atoms with van der Waals surface area (Å²) in [5.74, 6) is -0.549. The summed E-state index contributed by atoms with van der Waals surface area (Å²) in [4.78, 5) is 51.6. The molecule has 168 valence electrons. The summed E-state index contributed by atoms with van der Waals surface area (Å²) in [6, 6.07) is 6.83. The van der Waals surface area contributed by atoms with Crippen molar-refractivity contribution in [1.29, 1.82) is 0 Å². The van der Waals surface area contributed by atoms with Gasteiger partial charge in [0, 0.05) is 23.5 Å². The lowest BCUT2D eigenvalue weighted by atomic mass is 9.97. The first-order chi connectivity index (χ1) is 15.2. The summed E-state index contributed by atoms with van der Waals surface area (Å²) >= 11 is 1.32. The number of nitrogens with zero attached hydrogens (tertiary/aromatic N) is 1. The average molecular weight is 455 g/mol. The maximum atomic E-state index is 12.8. The van der Waals surface area contributed by atoms with Crippen LogP contribution in [0.5, 0.6) is 0 Å². The SMILES string of the molecule is Cc1ccc(NC(=O)NCc2cc3c(s2)C(=O)N(C2CCC(=O)NC2=O)C3)cc1C(C)C. The highest BCUT2D eigenvalue weighted by Crippen LogP contribution is 2.33. The topological polar surface area (TPSA) is 108 Å². The number of thiophene rings is 1. The van der Waals surface area contributed by atoms with Crippen molar-refractivity contribution in [1.82, 2.24) is 15.5 Å². The van der Waals surface area contributed by atoms with Crippen molar-refractivity contribution in [2.45, 2.75) is 58.7 Å². The van der Waals surface area contributed by atoms with E-state index in [1.54, 1.807) is 0 Å². The minimum absolute atomic E-state index is 0.198. The van der Waals surface area contributed by atoms with Crippen LogP contribution in [0.2, 0.25) is 0 Å². The molecule has 1 fully saturated rings. The molecule has 0 radical (unpaired) electrons. The number of piperidine rings is 1. The van der Waals surface area contributed by atoms with Crippen molar-refractivity contribution >= 4 is 40.8 Å². The maximum absolute atomic E-state index is 12.8. The van der Waals surface area contributed by atoms with Gasteiger partial charge in [-0.25, -0.2) is 4.79 Å². The molecule has 0 saturated carbocycles. The monoisotopic (exact) mass is 454 g/mol. The predicted octanol–water partition coefficient (Wildman–Crippen LogP) is 3.26. The molecule has 2 aliphatic rings. The van der Waals surface area contributed by atoms with Gasteiger partial charge in [0.1, 0.15) is 6.04 Å². The zero-order valence-electron chi connectivity index (χ0n) is 18.3. The summed E-state index contributed by atoms with van der Waals surface area (Å²) in [5.41, 5.74) is 3.97. The third kappa shape index (κ3) is 4.38. The van der Waals surface area contributed by atoms with Crippen molar-refractivity contribution in [3.8, 4) is 0 Å². The zero-order chi connectivity index (χ0) is 23.0. The van der Waals surface area contributed by atoms with Crippen molar-refractivity contribution in [2.75, 3.05) is 5.32 Å². The Kier molecular flexibility index (Phi) is 6.01. The number of imide groups is 1. The molecule has 1 unspecified atom stereocenters. The molecule has 3 N–H and O–H groups in total. The van der Waals surface area contributed by atoms with Gasteiger partial charge in [-0.3, -0.25) is 19.7 Å². The van der Waals surface area contributed by atoms with Gasteiger partial charge in [-0.05, 0) is 54.2 Å². The Bertz CT molecular complexity index is 1110. The van der Waals surface area contributed by atoms with E-state index in [9.17, 15) is 19.2 Å². The lowest BCUT2D eigenvalue weighted by Gasteiger charge is -2.29. The third-order valence-corrected chi connectivity index (χ3v) is 6.99. The molecule has 1 atom stereocenters. The molecule has 4 rings (SSSR count). The molecular formula is C23H26N4O4S. The number of anilines is 1. The molecule has 5 amide bonds. The molecule has 0 bridgehead atoms. The van der Waals surface area contributed by atoms with Crippen molar-refractivity contribution < 1.29 is 19.2 Å². The third-order valence-electron chi connectivity index (χ3n) is 5.82. The number of rotatable bonds is 5. The van der Waals surface area contributed by atoms with E-state index in [1.165, 1.54) is 27.4 Å². The van der Waals surface area contributed by atoms with Gasteiger partial charge < -0.3 is 15.5 Å². The number of carbonyl (C=O) groups excluding carboxylic acids is 4. The first-order valence-electron chi connectivity index (χ1n) is 10.6. The lowest BCUT2D eigenvalue weighted by molar-refractivity contribution is -0.136. The van der Waals surface area contributed by atoms with Crippen LogP contribution in [-0.2, 0) is 22.7 Å². The maximum Gasteiger partial charge on any atom is 0.319 e. The number of hydrogen-bond acceptors (Lipinski definition) is 5.